The van der Waals surface area contributed by atoms with Gasteiger partial charge >= 0.3 is 6.18 Å². The number of hydrogen-bond acceptors (Lipinski definition) is 5. The number of halogens is 4. The zero-order chi connectivity index (χ0) is 31.4. The number of carbonyl (C=O) groups excluding carboxylic acids is 1. The quantitative estimate of drug-likeness (QED) is 0.123. The number of benzene rings is 3. The maximum absolute atomic E-state index is 14.4. The van der Waals surface area contributed by atoms with E-state index in [1.807, 2.05) is 61.5 Å². The van der Waals surface area contributed by atoms with Crippen LogP contribution < -0.4 is 4.74 Å². The van der Waals surface area contributed by atoms with Gasteiger partial charge in [-0.25, -0.2) is 9.37 Å². The summed E-state index contributed by atoms with van der Waals surface area (Å²) in [5, 5.41) is 0.748. The van der Waals surface area contributed by atoms with Crippen LogP contribution in [0.4, 0.5) is 17.6 Å². The molecule has 0 spiro atoms. The average Bonchev–Trinajstić information content (AvgIpc) is 3.00. The van der Waals surface area contributed by atoms with E-state index in [9.17, 15) is 22.4 Å². The first kappa shape index (κ1) is 30.8. The highest BCUT2D eigenvalue weighted by Gasteiger charge is 2.34. The number of pyridine rings is 1. The number of alkyl halides is 3. The van der Waals surface area contributed by atoms with Gasteiger partial charge in [0.25, 0.3) is 0 Å². The number of rotatable bonds is 9. The van der Waals surface area contributed by atoms with Gasteiger partial charge in [-0.1, -0.05) is 36.5 Å². The van der Waals surface area contributed by atoms with E-state index in [0.717, 1.165) is 23.1 Å². The van der Waals surface area contributed by atoms with Crippen LogP contribution in [0, 0.1) is 10.5 Å². The van der Waals surface area contributed by atoms with Crippen LogP contribution in [0.25, 0.3) is 16.6 Å². The second-order valence-corrected chi connectivity index (χ2v) is 10.5. The Morgan fingerprint density at radius 1 is 1.02 bits per heavy atom. The van der Waals surface area contributed by atoms with Crippen molar-refractivity contribution < 1.29 is 27.1 Å². The van der Waals surface area contributed by atoms with Crippen molar-refractivity contribution in [3.8, 4) is 11.4 Å². The molecule has 0 aliphatic heterocycles. The van der Waals surface area contributed by atoms with E-state index in [1.165, 1.54) is 0 Å². The highest BCUT2D eigenvalue weighted by atomic mass is 32.1. The van der Waals surface area contributed by atoms with Crippen LogP contribution in [0.3, 0.4) is 0 Å². The predicted octanol–water partition coefficient (Wildman–Crippen LogP) is 8.04. The molecular weight excluding hydrogens is 592 g/mol. The molecule has 44 heavy (non-hydrogen) atoms. The number of nitrogens with zero attached hydrogens (tertiary/aromatic N) is 4. The maximum atomic E-state index is 14.4. The average molecular weight is 621 g/mol. The van der Waals surface area contributed by atoms with Gasteiger partial charge in [-0.05, 0) is 79.6 Å². The molecule has 11 heteroatoms. The predicted molar refractivity (Wildman–Crippen MR) is 161 cm³/mol. The number of fused-ring (bicyclic) bond motifs is 1. The van der Waals surface area contributed by atoms with E-state index in [4.69, 9.17) is 21.9 Å². The fraction of sp³-hybridized carbons (Fsp3) is 0.212. The van der Waals surface area contributed by atoms with Gasteiger partial charge in [0, 0.05) is 30.0 Å². The standard InChI is InChI=1S/C33H28F4N4O2S/c1-3-43-25-13-11-24(12-14-25)41-31(39-29-9-5-4-8-26(29)32(41)44)21(2)40(20-23-7-6-16-38-19-23)30(42)18-22-10-15-27(28(34)17-22)33(35,36)37/h4-17,19,21H,3,18,20H2,1-2H3. The summed E-state index contributed by atoms with van der Waals surface area (Å²) in [5.74, 6) is -0.730. The fourth-order valence-electron chi connectivity index (χ4n) is 4.98. The summed E-state index contributed by atoms with van der Waals surface area (Å²) in [6.45, 7) is 4.32. The maximum Gasteiger partial charge on any atom is 0.419 e. The lowest BCUT2D eigenvalue weighted by molar-refractivity contribution is -0.140. The number of amides is 1. The lowest BCUT2D eigenvalue weighted by atomic mass is 10.1. The summed E-state index contributed by atoms with van der Waals surface area (Å²) >= 11 is 5.95. The SMILES string of the molecule is CCOc1ccc(-n2c(C(C)N(Cc3cccnc3)C(=O)Cc3ccc(C(F)(F)F)c(F)c3)nc3ccccc3c2=S)cc1. The second kappa shape index (κ2) is 12.9. The Balaban J connectivity index is 1.60. The topological polar surface area (TPSA) is 60.2 Å². The van der Waals surface area contributed by atoms with Crippen molar-refractivity contribution in [2.45, 2.75) is 39.0 Å². The first-order valence-corrected chi connectivity index (χ1v) is 14.3. The number of hydrogen-bond donors (Lipinski definition) is 0. The van der Waals surface area contributed by atoms with Crippen molar-refractivity contribution >= 4 is 29.0 Å². The summed E-state index contributed by atoms with van der Waals surface area (Å²) in [4.78, 5) is 24.6. The molecule has 0 bridgehead atoms. The Hall–Kier alpha value is -4.64. The molecule has 0 aliphatic rings. The van der Waals surface area contributed by atoms with E-state index in [-0.39, 0.29) is 18.5 Å². The van der Waals surface area contributed by atoms with E-state index in [1.54, 1.807) is 34.9 Å². The molecule has 0 saturated heterocycles. The molecule has 226 valence electrons. The minimum atomic E-state index is -4.84. The monoisotopic (exact) mass is 620 g/mol. The molecule has 2 heterocycles. The third kappa shape index (κ3) is 6.62. The molecular formula is C33H28F4N4O2S. The lowest BCUT2D eigenvalue weighted by Crippen LogP contribution is -2.36. The molecule has 1 amide bonds. The van der Waals surface area contributed by atoms with Gasteiger partial charge in [0.15, 0.2) is 0 Å². The summed E-state index contributed by atoms with van der Waals surface area (Å²) in [5.41, 5.74) is 0.790. The highest BCUT2D eigenvalue weighted by molar-refractivity contribution is 7.71. The van der Waals surface area contributed by atoms with Crippen molar-refractivity contribution in [3.63, 3.8) is 0 Å². The molecule has 5 rings (SSSR count). The Labute approximate surface area is 256 Å². The molecule has 1 unspecified atom stereocenters. The number of aromatic nitrogens is 3. The van der Waals surface area contributed by atoms with Crippen molar-refractivity contribution in [1.29, 1.82) is 0 Å². The third-order valence-corrected chi connectivity index (χ3v) is 7.54. The second-order valence-electron chi connectivity index (χ2n) is 10.1. The first-order valence-electron chi connectivity index (χ1n) is 13.9. The minimum Gasteiger partial charge on any atom is -0.494 e. The summed E-state index contributed by atoms with van der Waals surface area (Å²) < 4.78 is 61.7. The first-order chi connectivity index (χ1) is 21.1. The van der Waals surface area contributed by atoms with Crippen LogP contribution in [-0.4, -0.2) is 31.9 Å². The number of ether oxygens (including phenoxy) is 1. The Morgan fingerprint density at radius 3 is 2.43 bits per heavy atom. The van der Waals surface area contributed by atoms with E-state index < -0.39 is 29.5 Å². The van der Waals surface area contributed by atoms with Crippen LogP contribution in [0.1, 0.15) is 42.4 Å². The Bertz CT molecular complexity index is 1840. The number of carbonyl (C=O) groups is 1. The molecule has 6 nitrogen and oxygen atoms in total. The summed E-state index contributed by atoms with van der Waals surface area (Å²) in [6.07, 6.45) is -1.95. The van der Waals surface area contributed by atoms with Crippen LogP contribution in [-0.2, 0) is 23.9 Å². The van der Waals surface area contributed by atoms with Gasteiger partial charge in [-0.3, -0.25) is 14.3 Å². The van der Waals surface area contributed by atoms with Gasteiger partial charge in [-0.15, -0.1) is 0 Å². The summed E-state index contributed by atoms with van der Waals surface area (Å²) in [6, 6.07) is 20.2. The minimum absolute atomic E-state index is 0.110. The van der Waals surface area contributed by atoms with Crippen molar-refractivity contribution in [2.24, 2.45) is 0 Å². The number of para-hydroxylation sites is 1. The molecule has 1 atom stereocenters. The van der Waals surface area contributed by atoms with E-state index >= 15 is 0 Å². The molecule has 0 radical (unpaired) electrons. The van der Waals surface area contributed by atoms with Crippen molar-refractivity contribution in [1.82, 2.24) is 19.4 Å². The van der Waals surface area contributed by atoms with Crippen molar-refractivity contribution in [3.05, 3.63) is 124 Å². The van der Waals surface area contributed by atoms with Gasteiger partial charge in [0.1, 0.15) is 22.0 Å². The van der Waals surface area contributed by atoms with Crippen molar-refractivity contribution in [2.75, 3.05) is 6.61 Å². The zero-order valence-corrected chi connectivity index (χ0v) is 24.7. The lowest BCUT2D eigenvalue weighted by Gasteiger charge is -2.31. The van der Waals surface area contributed by atoms with Gasteiger partial charge in [-0.2, -0.15) is 13.2 Å². The Morgan fingerprint density at radius 2 is 1.77 bits per heavy atom. The van der Waals surface area contributed by atoms with Gasteiger partial charge in [0.05, 0.1) is 30.1 Å². The third-order valence-electron chi connectivity index (χ3n) is 7.14. The summed E-state index contributed by atoms with van der Waals surface area (Å²) in [7, 11) is 0. The van der Waals surface area contributed by atoms with Crippen LogP contribution in [0.2, 0.25) is 0 Å². The smallest absolute Gasteiger partial charge is 0.419 e. The molecule has 3 aromatic carbocycles. The fourth-order valence-corrected chi connectivity index (χ4v) is 5.35. The van der Waals surface area contributed by atoms with Crippen LogP contribution in [0.5, 0.6) is 5.75 Å². The molecule has 0 N–H and O–H groups in total. The van der Waals surface area contributed by atoms with Crippen LogP contribution >= 0.6 is 12.2 Å². The largest absolute Gasteiger partial charge is 0.494 e. The normalized spacial score (nSPS) is 12.2. The molecule has 0 aliphatic carbocycles. The van der Waals surface area contributed by atoms with Gasteiger partial charge in [0.2, 0.25) is 5.91 Å². The Kier molecular flexibility index (Phi) is 9.05. The van der Waals surface area contributed by atoms with Crippen LogP contribution in [0.15, 0.2) is 91.3 Å². The zero-order valence-electron chi connectivity index (χ0n) is 23.9. The molecule has 2 aromatic heterocycles. The highest BCUT2D eigenvalue weighted by Crippen LogP contribution is 2.33. The molecule has 5 aromatic rings. The molecule has 0 saturated carbocycles. The van der Waals surface area contributed by atoms with E-state index in [2.05, 4.69) is 4.98 Å². The van der Waals surface area contributed by atoms with E-state index in [0.29, 0.717) is 40.1 Å². The van der Waals surface area contributed by atoms with Gasteiger partial charge < -0.3 is 9.64 Å². The molecule has 0 fully saturated rings.